The quantitative estimate of drug-likeness (QED) is 0.490. The van der Waals surface area contributed by atoms with Crippen LogP contribution in [0.3, 0.4) is 0 Å². The van der Waals surface area contributed by atoms with Gasteiger partial charge in [-0.25, -0.2) is 0 Å². The van der Waals surface area contributed by atoms with Gasteiger partial charge in [0.15, 0.2) is 0 Å². The summed E-state index contributed by atoms with van der Waals surface area (Å²) in [6.07, 6.45) is 9.94. The summed E-state index contributed by atoms with van der Waals surface area (Å²) in [4.78, 5) is 22.6. The first kappa shape index (κ1) is 17.0. The molecule has 0 spiro atoms. The maximum absolute atomic E-state index is 11.4. The van der Waals surface area contributed by atoms with Gasteiger partial charge in [-0.3, -0.25) is 9.59 Å². The standard InChI is InChI=1S/C16H28O4/c1-3-4-5-6-7-8-9-10-11-13-14(15(17)18)12(2)16(19)20-13/h12-14H,3-11H2,1-2H3,(H,17,18). The first-order valence-electron chi connectivity index (χ1n) is 8.01. The van der Waals surface area contributed by atoms with Crippen molar-refractivity contribution in [1.82, 2.24) is 0 Å². The Morgan fingerprint density at radius 2 is 1.65 bits per heavy atom. The fraction of sp³-hybridized carbons (Fsp3) is 0.875. The summed E-state index contributed by atoms with van der Waals surface area (Å²) >= 11 is 0. The van der Waals surface area contributed by atoms with Crippen molar-refractivity contribution in [1.29, 1.82) is 0 Å². The van der Waals surface area contributed by atoms with Crippen LogP contribution in [0, 0.1) is 11.8 Å². The van der Waals surface area contributed by atoms with E-state index in [1.54, 1.807) is 6.92 Å². The van der Waals surface area contributed by atoms with E-state index in [0.29, 0.717) is 6.42 Å². The number of aliphatic carboxylic acids is 1. The zero-order valence-corrected chi connectivity index (χ0v) is 12.8. The number of ether oxygens (including phenoxy) is 1. The smallest absolute Gasteiger partial charge is 0.311 e. The first-order valence-corrected chi connectivity index (χ1v) is 8.01. The topological polar surface area (TPSA) is 63.6 Å². The van der Waals surface area contributed by atoms with Gasteiger partial charge in [-0.2, -0.15) is 0 Å². The van der Waals surface area contributed by atoms with Crippen LogP contribution < -0.4 is 0 Å². The minimum Gasteiger partial charge on any atom is -0.481 e. The monoisotopic (exact) mass is 284 g/mol. The van der Waals surface area contributed by atoms with Crippen molar-refractivity contribution in [3.63, 3.8) is 0 Å². The molecule has 3 atom stereocenters. The third kappa shape index (κ3) is 5.14. The van der Waals surface area contributed by atoms with Crippen LogP contribution in [0.4, 0.5) is 0 Å². The molecule has 116 valence electrons. The number of hydrogen-bond acceptors (Lipinski definition) is 3. The highest BCUT2D eigenvalue weighted by molar-refractivity contribution is 5.84. The minimum absolute atomic E-state index is 0.359. The van der Waals surface area contributed by atoms with Crippen molar-refractivity contribution in [3.05, 3.63) is 0 Å². The lowest BCUT2D eigenvalue weighted by Crippen LogP contribution is -2.27. The number of rotatable bonds is 10. The summed E-state index contributed by atoms with van der Waals surface area (Å²) in [6.45, 7) is 3.86. The van der Waals surface area contributed by atoms with Gasteiger partial charge in [0, 0.05) is 0 Å². The molecule has 0 saturated carbocycles. The zero-order chi connectivity index (χ0) is 15.0. The molecular formula is C16H28O4. The van der Waals surface area contributed by atoms with Crippen LogP contribution in [0.15, 0.2) is 0 Å². The lowest BCUT2D eigenvalue weighted by molar-refractivity contribution is -0.144. The summed E-state index contributed by atoms with van der Waals surface area (Å²) in [7, 11) is 0. The van der Waals surface area contributed by atoms with Gasteiger partial charge in [-0.1, -0.05) is 58.8 Å². The molecule has 0 amide bonds. The predicted molar refractivity (Wildman–Crippen MR) is 77.4 cm³/mol. The number of unbranched alkanes of at least 4 members (excludes halogenated alkanes) is 7. The van der Waals surface area contributed by atoms with E-state index >= 15 is 0 Å². The van der Waals surface area contributed by atoms with E-state index in [9.17, 15) is 9.59 Å². The van der Waals surface area contributed by atoms with Gasteiger partial charge in [0.1, 0.15) is 12.0 Å². The molecule has 1 N–H and O–H groups in total. The maximum Gasteiger partial charge on any atom is 0.311 e. The van der Waals surface area contributed by atoms with E-state index in [-0.39, 0.29) is 5.97 Å². The summed E-state index contributed by atoms with van der Waals surface area (Å²) in [6, 6.07) is 0. The van der Waals surface area contributed by atoms with Crippen LogP contribution in [-0.4, -0.2) is 23.1 Å². The fourth-order valence-electron chi connectivity index (χ4n) is 2.89. The molecular weight excluding hydrogens is 256 g/mol. The fourth-order valence-corrected chi connectivity index (χ4v) is 2.89. The molecule has 0 radical (unpaired) electrons. The molecule has 1 heterocycles. The molecule has 4 nitrogen and oxygen atoms in total. The van der Waals surface area contributed by atoms with Crippen molar-refractivity contribution in [2.24, 2.45) is 11.8 Å². The molecule has 0 aromatic rings. The highest BCUT2D eigenvalue weighted by Gasteiger charge is 2.45. The van der Waals surface area contributed by atoms with Crippen molar-refractivity contribution in [3.8, 4) is 0 Å². The third-order valence-electron chi connectivity index (χ3n) is 4.21. The van der Waals surface area contributed by atoms with Gasteiger partial charge in [0.05, 0.1) is 5.92 Å². The van der Waals surface area contributed by atoms with E-state index in [4.69, 9.17) is 9.84 Å². The third-order valence-corrected chi connectivity index (χ3v) is 4.21. The second-order valence-corrected chi connectivity index (χ2v) is 5.89. The summed E-state index contributed by atoms with van der Waals surface area (Å²) in [5, 5.41) is 9.16. The van der Waals surface area contributed by atoms with Crippen LogP contribution in [0.2, 0.25) is 0 Å². The lowest BCUT2D eigenvalue weighted by atomic mass is 9.89. The normalized spacial score (nSPS) is 25.7. The van der Waals surface area contributed by atoms with E-state index in [0.717, 1.165) is 12.8 Å². The van der Waals surface area contributed by atoms with Crippen LogP contribution >= 0.6 is 0 Å². The average Bonchev–Trinajstić information content (AvgIpc) is 2.68. The van der Waals surface area contributed by atoms with Crippen molar-refractivity contribution >= 4 is 11.9 Å². The molecule has 1 aliphatic heterocycles. The maximum atomic E-state index is 11.4. The Hall–Kier alpha value is -1.06. The summed E-state index contributed by atoms with van der Waals surface area (Å²) in [5.41, 5.74) is 0. The van der Waals surface area contributed by atoms with Crippen molar-refractivity contribution < 1.29 is 19.4 Å². The molecule has 4 heteroatoms. The SMILES string of the molecule is CCCCCCCCCCC1OC(=O)C(C)C1C(=O)O. The lowest BCUT2D eigenvalue weighted by Gasteiger charge is -2.15. The Kier molecular flexibility index (Phi) is 7.63. The predicted octanol–water partition coefficient (Wildman–Crippen LogP) is 3.78. The second kappa shape index (κ2) is 8.98. The molecule has 1 aliphatic rings. The highest BCUT2D eigenvalue weighted by atomic mass is 16.6. The Morgan fingerprint density at radius 3 is 2.20 bits per heavy atom. The molecule has 3 unspecified atom stereocenters. The zero-order valence-electron chi connectivity index (χ0n) is 12.8. The summed E-state index contributed by atoms with van der Waals surface area (Å²) < 4.78 is 5.19. The van der Waals surface area contributed by atoms with E-state index in [2.05, 4.69) is 6.92 Å². The molecule has 1 rings (SSSR count). The summed E-state index contributed by atoms with van der Waals surface area (Å²) in [5.74, 6) is -2.44. The molecule has 0 aromatic heterocycles. The Balaban J connectivity index is 2.15. The van der Waals surface area contributed by atoms with E-state index in [1.807, 2.05) is 0 Å². The second-order valence-electron chi connectivity index (χ2n) is 5.89. The number of carbonyl (C=O) groups is 2. The van der Waals surface area contributed by atoms with Crippen LogP contribution in [0.1, 0.15) is 71.6 Å². The number of carboxylic acids is 1. The van der Waals surface area contributed by atoms with Crippen molar-refractivity contribution in [2.45, 2.75) is 77.7 Å². The van der Waals surface area contributed by atoms with Gasteiger partial charge in [-0.15, -0.1) is 0 Å². The molecule has 0 aliphatic carbocycles. The van der Waals surface area contributed by atoms with E-state index < -0.39 is 23.9 Å². The van der Waals surface area contributed by atoms with Gasteiger partial charge >= 0.3 is 11.9 Å². The van der Waals surface area contributed by atoms with Gasteiger partial charge in [0.25, 0.3) is 0 Å². The molecule has 20 heavy (non-hydrogen) atoms. The van der Waals surface area contributed by atoms with Crippen molar-refractivity contribution in [2.75, 3.05) is 0 Å². The Labute approximate surface area is 121 Å². The highest BCUT2D eigenvalue weighted by Crippen LogP contribution is 2.31. The van der Waals surface area contributed by atoms with Crippen LogP contribution in [0.5, 0.6) is 0 Å². The number of hydrogen-bond donors (Lipinski definition) is 1. The van der Waals surface area contributed by atoms with Gasteiger partial charge in [0.2, 0.25) is 0 Å². The molecule has 0 aromatic carbocycles. The van der Waals surface area contributed by atoms with Crippen LogP contribution in [-0.2, 0) is 14.3 Å². The van der Waals surface area contributed by atoms with Crippen LogP contribution in [0.25, 0.3) is 0 Å². The Bertz CT molecular complexity index is 314. The number of esters is 1. The van der Waals surface area contributed by atoms with Gasteiger partial charge in [-0.05, 0) is 12.8 Å². The number of carboxylic acid groups (broad SMARTS) is 1. The molecule has 1 saturated heterocycles. The molecule has 1 fully saturated rings. The first-order chi connectivity index (χ1) is 9.57. The average molecular weight is 284 g/mol. The van der Waals surface area contributed by atoms with Gasteiger partial charge < -0.3 is 9.84 Å². The minimum atomic E-state index is -0.909. The molecule has 0 bridgehead atoms. The number of cyclic esters (lactones) is 1. The number of carbonyl (C=O) groups excluding carboxylic acids is 1. The largest absolute Gasteiger partial charge is 0.481 e. The Morgan fingerprint density at radius 1 is 1.10 bits per heavy atom. The van der Waals surface area contributed by atoms with E-state index in [1.165, 1.54) is 38.5 Å².